The van der Waals surface area contributed by atoms with E-state index in [4.69, 9.17) is 0 Å². The lowest BCUT2D eigenvalue weighted by atomic mass is 10.3. The fraction of sp³-hybridized carbons (Fsp3) is 0.111. The molecule has 2 aromatic heterocycles. The molecule has 0 aliphatic rings. The smallest absolute Gasteiger partial charge is 0.114 e. The Kier molecular flexibility index (Phi) is 2.42. The van der Waals surface area contributed by atoms with Gasteiger partial charge in [0.1, 0.15) is 5.69 Å². The molecule has 0 saturated heterocycles. The Morgan fingerprint density at radius 3 is 2.85 bits per heavy atom. The minimum absolute atomic E-state index is 0.924. The van der Waals surface area contributed by atoms with Gasteiger partial charge in [0, 0.05) is 5.69 Å². The van der Waals surface area contributed by atoms with Crippen molar-refractivity contribution in [3.05, 3.63) is 33.2 Å². The van der Waals surface area contributed by atoms with Crippen molar-refractivity contribution in [2.75, 3.05) is 0 Å². The molecule has 0 fully saturated rings. The Morgan fingerprint density at radius 2 is 2.23 bits per heavy atom. The van der Waals surface area contributed by atoms with Crippen LogP contribution in [-0.2, 0) is 0 Å². The molecule has 0 unspecified atom stereocenters. The fourth-order valence-electron chi connectivity index (χ4n) is 1.07. The third-order valence-corrected chi connectivity index (χ3v) is 3.20. The number of aromatic nitrogens is 2. The molecule has 13 heavy (non-hydrogen) atoms. The molecular formula is C9H7BrN2S. The van der Waals surface area contributed by atoms with Crippen molar-refractivity contribution in [3.8, 4) is 11.4 Å². The normalized spacial score (nSPS) is 10.3. The van der Waals surface area contributed by atoms with Gasteiger partial charge in [-0.3, -0.25) is 4.98 Å². The Bertz CT molecular complexity index is 425. The van der Waals surface area contributed by atoms with Crippen molar-refractivity contribution in [3.63, 3.8) is 0 Å². The lowest BCUT2D eigenvalue weighted by Crippen LogP contribution is -1.86. The van der Waals surface area contributed by atoms with Gasteiger partial charge in [-0.05, 0) is 35.0 Å². The van der Waals surface area contributed by atoms with Crippen LogP contribution in [0.1, 0.15) is 5.69 Å². The van der Waals surface area contributed by atoms with E-state index in [2.05, 4.69) is 25.9 Å². The van der Waals surface area contributed by atoms with Gasteiger partial charge < -0.3 is 0 Å². The van der Waals surface area contributed by atoms with E-state index in [1.807, 2.05) is 30.6 Å². The number of nitrogens with zero attached hydrogens (tertiary/aromatic N) is 2. The summed E-state index contributed by atoms with van der Waals surface area (Å²) >= 11 is 5.01. The van der Waals surface area contributed by atoms with E-state index in [9.17, 15) is 0 Å². The second-order valence-electron chi connectivity index (χ2n) is 2.64. The molecule has 0 aliphatic heterocycles. The fourth-order valence-corrected chi connectivity index (χ4v) is 2.15. The Balaban J connectivity index is 2.53. The van der Waals surface area contributed by atoms with E-state index in [0.717, 1.165) is 20.9 Å². The predicted octanol–water partition coefficient (Wildman–Crippen LogP) is 3.28. The van der Waals surface area contributed by atoms with Gasteiger partial charge in [0.25, 0.3) is 0 Å². The highest BCUT2D eigenvalue weighted by Gasteiger charge is 2.06. The van der Waals surface area contributed by atoms with Gasteiger partial charge in [0.15, 0.2) is 0 Å². The van der Waals surface area contributed by atoms with E-state index >= 15 is 0 Å². The maximum absolute atomic E-state index is 4.39. The zero-order chi connectivity index (χ0) is 9.26. The van der Waals surface area contributed by atoms with E-state index in [1.54, 1.807) is 11.3 Å². The average molecular weight is 255 g/mol. The van der Waals surface area contributed by atoms with E-state index in [-0.39, 0.29) is 0 Å². The van der Waals surface area contributed by atoms with Gasteiger partial charge in [0.2, 0.25) is 0 Å². The summed E-state index contributed by atoms with van der Waals surface area (Å²) in [4.78, 5) is 8.63. The number of hydrogen-bond acceptors (Lipinski definition) is 3. The van der Waals surface area contributed by atoms with Crippen LogP contribution < -0.4 is 0 Å². The van der Waals surface area contributed by atoms with Crippen LogP contribution in [0.25, 0.3) is 11.4 Å². The molecule has 2 nitrogen and oxygen atoms in total. The summed E-state index contributed by atoms with van der Waals surface area (Å²) in [7, 11) is 0. The van der Waals surface area contributed by atoms with Gasteiger partial charge in [-0.25, -0.2) is 4.98 Å². The zero-order valence-electron chi connectivity index (χ0n) is 6.99. The monoisotopic (exact) mass is 254 g/mol. The average Bonchev–Trinajstić information content (AvgIpc) is 2.51. The van der Waals surface area contributed by atoms with E-state index < -0.39 is 0 Å². The molecule has 2 aromatic rings. The largest absolute Gasteiger partial charge is 0.251 e. The van der Waals surface area contributed by atoms with Crippen LogP contribution in [0, 0.1) is 6.92 Å². The van der Waals surface area contributed by atoms with Crippen molar-refractivity contribution in [1.29, 1.82) is 0 Å². The number of halogens is 1. The molecule has 0 spiro atoms. The third-order valence-electron chi connectivity index (χ3n) is 1.66. The first-order valence-corrected chi connectivity index (χ1v) is 5.47. The summed E-state index contributed by atoms with van der Waals surface area (Å²) in [5, 5.41) is 0. The quantitative estimate of drug-likeness (QED) is 0.781. The molecule has 2 rings (SSSR count). The van der Waals surface area contributed by atoms with Crippen LogP contribution in [0.15, 0.2) is 27.5 Å². The minimum Gasteiger partial charge on any atom is -0.251 e. The number of aryl methyl sites for hydroxylation is 1. The van der Waals surface area contributed by atoms with Crippen LogP contribution in [0.5, 0.6) is 0 Å². The predicted molar refractivity (Wildman–Crippen MR) is 57.8 cm³/mol. The first kappa shape index (κ1) is 8.84. The first-order chi connectivity index (χ1) is 6.27. The van der Waals surface area contributed by atoms with Gasteiger partial charge in [-0.1, -0.05) is 6.07 Å². The molecule has 4 heteroatoms. The van der Waals surface area contributed by atoms with Crippen LogP contribution in [-0.4, -0.2) is 9.97 Å². The number of pyridine rings is 1. The molecule has 0 aromatic carbocycles. The molecule has 66 valence electrons. The third kappa shape index (κ3) is 1.78. The Labute approximate surface area is 88.8 Å². The number of hydrogen-bond donors (Lipinski definition) is 0. The standard InChI is InChI=1S/C9H7BrN2S/c1-6-3-2-4-7(12-6)8-9(10)13-5-11-8/h2-5H,1H3. The first-order valence-electron chi connectivity index (χ1n) is 3.80. The second-order valence-corrected chi connectivity index (χ2v) is 4.81. The zero-order valence-corrected chi connectivity index (χ0v) is 9.39. The van der Waals surface area contributed by atoms with Crippen molar-refractivity contribution < 1.29 is 0 Å². The lowest BCUT2D eigenvalue weighted by Gasteiger charge is -1.97. The van der Waals surface area contributed by atoms with E-state index in [0.29, 0.717) is 0 Å². The van der Waals surface area contributed by atoms with Crippen LogP contribution in [0.4, 0.5) is 0 Å². The van der Waals surface area contributed by atoms with Crippen LogP contribution >= 0.6 is 27.3 Å². The summed E-state index contributed by atoms with van der Waals surface area (Å²) in [5.41, 5.74) is 4.67. The highest BCUT2D eigenvalue weighted by Crippen LogP contribution is 2.28. The lowest BCUT2D eigenvalue weighted by molar-refractivity contribution is 1.19. The Morgan fingerprint density at radius 1 is 1.38 bits per heavy atom. The highest BCUT2D eigenvalue weighted by molar-refractivity contribution is 9.11. The molecule has 0 aliphatic carbocycles. The summed E-state index contributed by atoms with van der Waals surface area (Å²) in [6.45, 7) is 1.98. The molecule has 0 N–H and O–H groups in total. The molecule has 0 radical (unpaired) electrons. The van der Waals surface area contributed by atoms with Gasteiger partial charge in [-0.15, -0.1) is 11.3 Å². The maximum atomic E-state index is 4.39. The van der Waals surface area contributed by atoms with Crippen molar-refractivity contribution in [1.82, 2.24) is 9.97 Å². The number of thiazole rings is 1. The highest BCUT2D eigenvalue weighted by atomic mass is 79.9. The number of rotatable bonds is 1. The summed E-state index contributed by atoms with van der Waals surface area (Å²) in [5.74, 6) is 0. The van der Waals surface area contributed by atoms with Crippen LogP contribution in [0.2, 0.25) is 0 Å². The summed E-state index contributed by atoms with van der Waals surface area (Å²) in [6.07, 6.45) is 0. The topological polar surface area (TPSA) is 25.8 Å². The Hall–Kier alpha value is -0.740. The SMILES string of the molecule is Cc1cccc(-c2ncsc2Br)n1. The molecule has 0 atom stereocenters. The maximum Gasteiger partial charge on any atom is 0.114 e. The minimum atomic E-state index is 0.924. The molecule has 2 heterocycles. The van der Waals surface area contributed by atoms with Gasteiger partial charge >= 0.3 is 0 Å². The van der Waals surface area contributed by atoms with Gasteiger partial charge in [-0.2, -0.15) is 0 Å². The van der Waals surface area contributed by atoms with Crippen molar-refractivity contribution >= 4 is 27.3 Å². The van der Waals surface area contributed by atoms with Crippen LogP contribution in [0.3, 0.4) is 0 Å². The molecule has 0 bridgehead atoms. The van der Waals surface area contributed by atoms with Gasteiger partial charge in [0.05, 0.1) is 15.0 Å². The second kappa shape index (κ2) is 3.55. The van der Waals surface area contributed by atoms with Crippen molar-refractivity contribution in [2.24, 2.45) is 0 Å². The molecule has 0 amide bonds. The van der Waals surface area contributed by atoms with Crippen molar-refractivity contribution in [2.45, 2.75) is 6.92 Å². The summed E-state index contributed by atoms with van der Waals surface area (Å²) < 4.78 is 1.03. The molecule has 0 saturated carbocycles. The summed E-state index contributed by atoms with van der Waals surface area (Å²) in [6, 6.07) is 5.93. The van der Waals surface area contributed by atoms with E-state index in [1.165, 1.54) is 0 Å². The molecular weight excluding hydrogens is 248 g/mol.